The summed E-state index contributed by atoms with van der Waals surface area (Å²) >= 11 is 0. The maximum absolute atomic E-state index is 12.7. The van der Waals surface area contributed by atoms with E-state index < -0.39 is 17.7 Å². The van der Waals surface area contributed by atoms with Crippen molar-refractivity contribution in [3.05, 3.63) is 42.5 Å². The Hall–Kier alpha value is -2.30. The molecule has 5 heteroatoms. The second kappa shape index (κ2) is 6.64. The summed E-state index contributed by atoms with van der Waals surface area (Å²) in [6.07, 6.45) is 3.72. The van der Waals surface area contributed by atoms with Gasteiger partial charge in [0.15, 0.2) is 0 Å². The van der Waals surface area contributed by atoms with E-state index >= 15 is 0 Å². The molecule has 0 fully saturated rings. The average Bonchev–Trinajstić information content (AvgIpc) is 2.61. The van der Waals surface area contributed by atoms with Crippen LogP contribution in [0.5, 0.6) is 0 Å². The molecule has 1 aliphatic heterocycles. The quantitative estimate of drug-likeness (QED) is 0.855. The molecule has 0 bridgehead atoms. The first-order valence-corrected chi connectivity index (χ1v) is 7.38. The summed E-state index contributed by atoms with van der Waals surface area (Å²) < 4.78 is 5.23. The van der Waals surface area contributed by atoms with Crippen molar-refractivity contribution in [2.75, 3.05) is 11.4 Å². The predicted octanol–water partition coefficient (Wildman–Crippen LogP) is 2.87. The summed E-state index contributed by atoms with van der Waals surface area (Å²) in [5.41, 5.74) is 0.224. The van der Waals surface area contributed by atoms with Crippen molar-refractivity contribution < 1.29 is 14.3 Å². The number of hydrogen-bond donors (Lipinski definition) is 1. The number of ether oxygens (including phenoxy) is 1. The van der Waals surface area contributed by atoms with Gasteiger partial charge in [-0.25, -0.2) is 4.79 Å². The van der Waals surface area contributed by atoms with Crippen molar-refractivity contribution in [1.29, 1.82) is 0 Å². The molecule has 118 valence electrons. The third kappa shape index (κ3) is 4.35. The zero-order valence-electron chi connectivity index (χ0n) is 13.2. The van der Waals surface area contributed by atoms with Gasteiger partial charge >= 0.3 is 6.09 Å². The minimum atomic E-state index is -0.617. The third-order valence-corrected chi connectivity index (χ3v) is 3.15. The van der Waals surface area contributed by atoms with Crippen LogP contribution in [0.3, 0.4) is 0 Å². The Morgan fingerprint density at radius 2 is 1.91 bits per heavy atom. The largest absolute Gasteiger partial charge is 0.444 e. The highest BCUT2D eigenvalue weighted by Crippen LogP contribution is 2.18. The van der Waals surface area contributed by atoms with Gasteiger partial charge < -0.3 is 15.0 Å². The molecule has 1 atom stereocenters. The van der Waals surface area contributed by atoms with E-state index in [0.717, 1.165) is 5.69 Å². The number of alkyl carbamates (subject to hydrolysis) is 1. The van der Waals surface area contributed by atoms with E-state index in [1.165, 1.54) is 0 Å². The average molecular weight is 302 g/mol. The fraction of sp³-hybridized carbons (Fsp3) is 0.412. The van der Waals surface area contributed by atoms with Crippen molar-refractivity contribution in [3.8, 4) is 0 Å². The molecule has 1 aliphatic rings. The number of rotatable bonds is 2. The van der Waals surface area contributed by atoms with Crippen LogP contribution in [0.15, 0.2) is 42.5 Å². The van der Waals surface area contributed by atoms with Crippen LogP contribution < -0.4 is 10.2 Å². The van der Waals surface area contributed by atoms with Gasteiger partial charge in [0.2, 0.25) is 5.91 Å². The smallest absolute Gasteiger partial charge is 0.408 e. The lowest BCUT2D eigenvalue weighted by atomic mass is 10.2. The van der Waals surface area contributed by atoms with Crippen LogP contribution in [0.4, 0.5) is 10.5 Å². The zero-order valence-corrected chi connectivity index (χ0v) is 13.2. The van der Waals surface area contributed by atoms with Crippen LogP contribution in [-0.2, 0) is 9.53 Å². The normalized spacial score (nSPS) is 18.8. The van der Waals surface area contributed by atoms with Crippen molar-refractivity contribution in [2.45, 2.75) is 38.8 Å². The molecule has 1 unspecified atom stereocenters. The lowest BCUT2D eigenvalue weighted by molar-refractivity contribution is -0.120. The molecule has 5 nitrogen and oxygen atoms in total. The molecule has 22 heavy (non-hydrogen) atoms. The Labute approximate surface area is 130 Å². The van der Waals surface area contributed by atoms with E-state index in [1.54, 1.807) is 25.7 Å². The van der Waals surface area contributed by atoms with Crippen LogP contribution in [-0.4, -0.2) is 30.2 Å². The molecule has 2 amide bonds. The Kier molecular flexibility index (Phi) is 4.85. The van der Waals surface area contributed by atoms with Crippen LogP contribution in [0, 0.1) is 0 Å². The van der Waals surface area contributed by atoms with Crippen molar-refractivity contribution in [2.24, 2.45) is 0 Å². The van der Waals surface area contributed by atoms with Crippen molar-refractivity contribution in [3.63, 3.8) is 0 Å². The fourth-order valence-corrected chi connectivity index (χ4v) is 2.20. The Morgan fingerprint density at radius 3 is 2.55 bits per heavy atom. The van der Waals surface area contributed by atoms with E-state index in [2.05, 4.69) is 5.32 Å². The van der Waals surface area contributed by atoms with E-state index in [1.807, 2.05) is 42.5 Å². The summed E-state index contributed by atoms with van der Waals surface area (Å²) in [7, 11) is 0. The van der Waals surface area contributed by atoms with Crippen LogP contribution in [0.2, 0.25) is 0 Å². The second-order valence-electron chi connectivity index (χ2n) is 6.19. The molecule has 0 aliphatic carbocycles. The molecule has 0 saturated heterocycles. The summed E-state index contributed by atoms with van der Waals surface area (Å²) in [6, 6.07) is 8.80. The molecule has 1 aromatic carbocycles. The Morgan fingerprint density at radius 1 is 1.23 bits per heavy atom. The second-order valence-corrected chi connectivity index (χ2v) is 6.19. The summed E-state index contributed by atoms with van der Waals surface area (Å²) in [4.78, 5) is 26.2. The first kappa shape index (κ1) is 16.1. The number of nitrogens with zero attached hydrogens (tertiary/aromatic N) is 1. The van der Waals surface area contributed by atoms with Crippen LogP contribution in [0.1, 0.15) is 27.2 Å². The molecule has 0 radical (unpaired) electrons. The van der Waals surface area contributed by atoms with E-state index in [9.17, 15) is 9.59 Å². The first-order valence-electron chi connectivity index (χ1n) is 7.38. The van der Waals surface area contributed by atoms with Crippen LogP contribution >= 0.6 is 0 Å². The van der Waals surface area contributed by atoms with Gasteiger partial charge in [0, 0.05) is 12.2 Å². The monoisotopic (exact) mass is 302 g/mol. The van der Waals surface area contributed by atoms with Gasteiger partial charge in [-0.3, -0.25) is 4.79 Å². The summed E-state index contributed by atoms with van der Waals surface area (Å²) in [5.74, 6) is -0.137. The van der Waals surface area contributed by atoms with Gasteiger partial charge in [-0.2, -0.15) is 0 Å². The van der Waals surface area contributed by atoms with Crippen LogP contribution in [0.25, 0.3) is 0 Å². The van der Waals surface area contributed by atoms with Gasteiger partial charge in [0.25, 0.3) is 0 Å². The summed E-state index contributed by atoms with van der Waals surface area (Å²) in [6.45, 7) is 5.86. The van der Waals surface area contributed by atoms with Gasteiger partial charge in [-0.1, -0.05) is 30.4 Å². The number of hydrogen-bond acceptors (Lipinski definition) is 3. The van der Waals surface area contributed by atoms with E-state index in [-0.39, 0.29) is 5.91 Å². The van der Waals surface area contributed by atoms with Gasteiger partial charge in [0.05, 0.1) is 0 Å². The molecule has 0 spiro atoms. The molecule has 1 heterocycles. The molecule has 0 aromatic heterocycles. The lowest BCUT2D eigenvalue weighted by Gasteiger charge is -2.26. The highest BCUT2D eigenvalue weighted by molar-refractivity contribution is 5.99. The highest BCUT2D eigenvalue weighted by Gasteiger charge is 2.29. The Bertz CT molecular complexity index is 561. The molecular formula is C17H22N2O3. The maximum atomic E-state index is 12.7. The number of nitrogens with one attached hydrogen (secondary N) is 1. The molecule has 1 N–H and O–H groups in total. The molecular weight excluding hydrogens is 280 g/mol. The van der Waals surface area contributed by atoms with E-state index in [4.69, 9.17) is 4.74 Å². The standard InChI is InChI=1S/C17H22N2O3/c1-17(2,3)22-16(21)18-14-11-7-8-12-19(15(14)20)13-9-5-4-6-10-13/h4-10,14H,11-12H2,1-3H3,(H,18,21). The Balaban J connectivity index is 2.10. The SMILES string of the molecule is CC(C)(C)OC(=O)NC1CC=CCN(c2ccccc2)C1=O. The number of anilines is 1. The predicted molar refractivity (Wildman–Crippen MR) is 85.7 cm³/mol. The molecule has 1 aromatic rings. The minimum Gasteiger partial charge on any atom is -0.444 e. The van der Waals surface area contributed by atoms with Crippen molar-refractivity contribution in [1.82, 2.24) is 5.32 Å². The zero-order chi connectivity index (χ0) is 16.2. The van der Waals surface area contributed by atoms with Gasteiger partial charge in [0.1, 0.15) is 11.6 Å². The number of carbonyl (C=O) groups excluding carboxylic acids is 2. The number of benzene rings is 1. The fourth-order valence-electron chi connectivity index (χ4n) is 2.20. The number of amides is 2. The minimum absolute atomic E-state index is 0.137. The number of para-hydroxylation sites is 1. The lowest BCUT2D eigenvalue weighted by Crippen LogP contribution is -2.49. The summed E-state index contributed by atoms with van der Waals surface area (Å²) in [5, 5.41) is 2.66. The highest BCUT2D eigenvalue weighted by atomic mass is 16.6. The first-order chi connectivity index (χ1) is 10.4. The number of carbonyl (C=O) groups is 2. The molecule has 0 saturated carbocycles. The van der Waals surface area contributed by atoms with Gasteiger partial charge in [-0.15, -0.1) is 0 Å². The topological polar surface area (TPSA) is 58.6 Å². The molecule has 2 rings (SSSR count). The van der Waals surface area contributed by atoms with Crippen molar-refractivity contribution >= 4 is 17.7 Å². The maximum Gasteiger partial charge on any atom is 0.408 e. The third-order valence-electron chi connectivity index (χ3n) is 3.15. The van der Waals surface area contributed by atoms with Gasteiger partial charge in [-0.05, 0) is 39.3 Å². The van der Waals surface area contributed by atoms with E-state index in [0.29, 0.717) is 13.0 Å².